The van der Waals surface area contributed by atoms with E-state index >= 15 is 0 Å². The van der Waals surface area contributed by atoms with Gasteiger partial charge < -0.3 is 14.5 Å². The van der Waals surface area contributed by atoms with Gasteiger partial charge in [0, 0.05) is 50.1 Å². The van der Waals surface area contributed by atoms with Gasteiger partial charge in [0.2, 0.25) is 17.7 Å². The number of methoxy groups -OCH3 is 1. The summed E-state index contributed by atoms with van der Waals surface area (Å²) in [5, 5.41) is 11.1. The summed E-state index contributed by atoms with van der Waals surface area (Å²) >= 11 is 0. The quantitative estimate of drug-likeness (QED) is 0.587. The molecule has 1 aromatic heterocycles. The molecule has 26 heavy (non-hydrogen) atoms. The Bertz CT molecular complexity index is 805. The van der Waals surface area contributed by atoms with Crippen molar-refractivity contribution < 1.29 is 14.5 Å². The van der Waals surface area contributed by atoms with Crippen LogP contribution in [0.5, 0.6) is 5.88 Å². The minimum absolute atomic E-state index is 0.0206. The highest BCUT2D eigenvalue weighted by atomic mass is 16.6. The van der Waals surface area contributed by atoms with Crippen LogP contribution in [0, 0.1) is 10.1 Å². The number of rotatable bonds is 5. The van der Waals surface area contributed by atoms with Crippen molar-refractivity contribution in [1.29, 1.82) is 0 Å². The lowest BCUT2D eigenvalue weighted by atomic mass is 10.1. The monoisotopic (exact) mass is 357 g/mol. The van der Waals surface area contributed by atoms with Gasteiger partial charge in [0.05, 0.1) is 18.5 Å². The van der Waals surface area contributed by atoms with Crippen molar-refractivity contribution >= 4 is 17.5 Å². The molecule has 0 radical (unpaired) electrons. The zero-order chi connectivity index (χ0) is 18.5. The number of hydrogen-bond donors (Lipinski definition) is 0. The Morgan fingerprint density at radius 1 is 1.23 bits per heavy atom. The molecule has 0 N–H and O–H groups in total. The second-order valence-corrected chi connectivity index (χ2v) is 5.83. The Balaban J connectivity index is 1.61. The van der Waals surface area contributed by atoms with Crippen LogP contribution in [0.1, 0.15) is 5.56 Å². The van der Waals surface area contributed by atoms with Crippen molar-refractivity contribution in [3.63, 3.8) is 0 Å². The van der Waals surface area contributed by atoms with Crippen molar-refractivity contribution in [3.05, 3.63) is 52.2 Å². The summed E-state index contributed by atoms with van der Waals surface area (Å²) in [4.78, 5) is 35.4. The Morgan fingerprint density at radius 2 is 1.96 bits per heavy atom. The van der Waals surface area contributed by atoms with E-state index in [-0.39, 0.29) is 18.0 Å². The summed E-state index contributed by atoms with van der Waals surface area (Å²) in [5.74, 6) is 0.936. The second kappa shape index (κ2) is 7.77. The van der Waals surface area contributed by atoms with E-state index in [4.69, 9.17) is 4.74 Å². The molecule has 0 saturated carbocycles. The second-order valence-electron chi connectivity index (χ2n) is 5.83. The van der Waals surface area contributed by atoms with Crippen molar-refractivity contribution in [2.24, 2.45) is 0 Å². The number of nitro groups is 1. The summed E-state index contributed by atoms with van der Waals surface area (Å²) in [6.45, 7) is 2.21. The Kier molecular flexibility index (Phi) is 5.26. The van der Waals surface area contributed by atoms with E-state index < -0.39 is 4.92 Å². The maximum Gasteiger partial charge on any atom is 0.273 e. The predicted molar refractivity (Wildman–Crippen MR) is 94.2 cm³/mol. The zero-order valence-corrected chi connectivity index (χ0v) is 14.4. The molecule has 3 rings (SSSR count). The normalized spacial score (nSPS) is 14.2. The molecule has 136 valence electrons. The molecule has 0 unspecified atom stereocenters. The van der Waals surface area contributed by atoms with Crippen LogP contribution in [-0.2, 0) is 11.2 Å². The molecule has 1 saturated heterocycles. The molecule has 2 aromatic rings. The van der Waals surface area contributed by atoms with Crippen molar-refractivity contribution in [2.45, 2.75) is 6.42 Å². The van der Waals surface area contributed by atoms with Gasteiger partial charge in [-0.1, -0.05) is 18.2 Å². The fourth-order valence-electron chi connectivity index (χ4n) is 2.87. The summed E-state index contributed by atoms with van der Waals surface area (Å²) < 4.78 is 5.10. The number of benzene rings is 1. The fraction of sp³-hybridized carbons (Fsp3) is 0.353. The first-order valence-electron chi connectivity index (χ1n) is 8.20. The van der Waals surface area contributed by atoms with Gasteiger partial charge >= 0.3 is 0 Å². The van der Waals surface area contributed by atoms with E-state index in [1.54, 1.807) is 42.5 Å². The van der Waals surface area contributed by atoms with Gasteiger partial charge in [-0.3, -0.25) is 14.9 Å². The maximum absolute atomic E-state index is 12.5. The number of ether oxygens (including phenoxy) is 1. The number of anilines is 1. The highest BCUT2D eigenvalue weighted by molar-refractivity contribution is 5.80. The number of aromatic nitrogens is 2. The molecule has 1 aromatic carbocycles. The number of hydrogen-bond acceptors (Lipinski definition) is 7. The van der Waals surface area contributed by atoms with Crippen molar-refractivity contribution in [3.8, 4) is 5.88 Å². The van der Waals surface area contributed by atoms with Crippen LogP contribution in [0.4, 0.5) is 11.6 Å². The third-order valence-corrected chi connectivity index (χ3v) is 4.27. The molecule has 1 amide bonds. The smallest absolute Gasteiger partial charge is 0.273 e. The molecule has 9 nitrogen and oxygen atoms in total. The first kappa shape index (κ1) is 17.6. The molecular weight excluding hydrogens is 338 g/mol. The predicted octanol–water partition coefficient (Wildman–Crippen LogP) is 1.28. The molecule has 0 aliphatic carbocycles. The Hall–Kier alpha value is -3.23. The molecule has 1 fully saturated rings. The third-order valence-electron chi connectivity index (χ3n) is 4.27. The number of carbonyl (C=O) groups is 1. The number of piperazine rings is 1. The lowest BCUT2D eigenvalue weighted by Crippen LogP contribution is -2.49. The van der Waals surface area contributed by atoms with Gasteiger partial charge in [0.25, 0.3) is 5.69 Å². The summed E-state index contributed by atoms with van der Waals surface area (Å²) in [7, 11) is 1.55. The van der Waals surface area contributed by atoms with Gasteiger partial charge in [0.1, 0.15) is 0 Å². The minimum Gasteiger partial charge on any atom is -0.481 e. The van der Waals surface area contributed by atoms with Crippen LogP contribution in [-0.4, -0.2) is 59.0 Å². The van der Waals surface area contributed by atoms with Gasteiger partial charge in [-0.15, -0.1) is 0 Å². The molecule has 2 heterocycles. The van der Waals surface area contributed by atoms with E-state index in [1.165, 1.54) is 6.07 Å². The lowest BCUT2D eigenvalue weighted by Gasteiger charge is -2.34. The number of nitrogens with zero attached hydrogens (tertiary/aromatic N) is 5. The lowest BCUT2D eigenvalue weighted by molar-refractivity contribution is -0.385. The van der Waals surface area contributed by atoms with E-state index in [2.05, 4.69) is 9.97 Å². The third kappa shape index (κ3) is 3.88. The van der Waals surface area contributed by atoms with Crippen LogP contribution < -0.4 is 9.64 Å². The van der Waals surface area contributed by atoms with Crippen molar-refractivity contribution in [1.82, 2.24) is 14.9 Å². The van der Waals surface area contributed by atoms with E-state index in [0.29, 0.717) is 43.6 Å². The molecule has 0 bridgehead atoms. The Labute approximate surface area is 150 Å². The SMILES string of the molecule is COc1ccnc(N2CCN(C(=O)Cc3ccccc3[N+](=O)[O-])CC2)n1. The molecular formula is C17H19N5O4. The number of nitro benzene ring substituents is 1. The highest BCUT2D eigenvalue weighted by Gasteiger charge is 2.24. The molecule has 1 aliphatic rings. The molecule has 9 heteroatoms. The van der Waals surface area contributed by atoms with Crippen LogP contribution >= 0.6 is 0 Å². The van der Waals surface area contributed by atoms with E-state index in [1.807, 2.05) is 4.90 Å². The first-order chi connectivity index (χ1) is 12.6. The van der Waals surface area contributed by atoms with Crippen LogP contribution in [0.15, 0.2) is 36.5 Å². The van der Waals surface area contributed by atoms with E-state index in [9.17, 15) is 14.9 Å². The van der Waals surface area contributed by atoms with Gasteiger partial charge in [-0.05, 0) is 0 Å². The number of para-hydroxylation sites is 1. The number of carbonyl (C=O) groups excluding carboxylic acids is 1. The van der Waals surface area contributed by atoms with E-state index in [0.717, 1.165) is 0 Å². The average molecular weight is 357 g/mol. The molecule has 0 atom stereocenters. The van der Waals surface area contributed by atoms with Gasteiger partial charge in [0.15, 0.2) is 0 Å². The highest BCUT2D eigenvalue weighted by Crippen LogP contribution is 2.20. The number of amides is 1. The Morgan fingerprint density at radius 3 is 2.65 bits per heavy atom. The summed E-state index contributed by atoms with van der Waals surface area (Å²) in [6.07, 6.45) is 1.65. The molecule has 0 spiro atoms. The first-order valence-corrected chi connectivity index (χ1v) is 8.20. The minimum atomic E-state index is -0.458. The van der Waals surface area contributed by atoms with Crippen LogP contribution in [0.25, 0.3) is 0 Å². The maximum atomic E-state index is 12.5. The van der Waals surface area contributed by atoms with Crippen LogP contribution in [0.3, 0.4) is 0 Å². The molecule has 1 aliphatic heterocycles. The zero-order valence-electron chi connectivity index (χ0n) is 14.4. The summed E-state index contributed by atoms with van der Waals surface area (Å²) in [5.41, 5.74) is 0.408. The average Bonchev–Trinajstić information content (AvgIpc) is 2.68. The van der Waals surface area contributed by atoms with Gasteiger partial charge in [-0.25, -0.2) is 4.98 Å². The largest absolute Gasteiger partial charge is 0.481 e. The topological polar surface area (TPSA) is 102 Å². The standard InChI is InChI=1S/C17H19N5O4/c1-26-15-6-7-18-17(19-15)21-10-8-20(9-11-21)16(23)12-13-4-2-3-5-14(13)22(24)25/h2-7H,8-12H2,1H3. The summed E-state index contributed by atoms with van der Waals surface area (Å²) in [6, 6.07) is 8.01. The van der Waals surface area contributed by atoms with Crippen LogP contribution in [0.2, 0.25) is 0 Å². The van der Waals surface area contributed by atoms with Gasteiger partial charge in [-0.2, -0.15) is 4.98 Å². The van der Waals surface area contributed by atoms with Crippen molar-refractivity contribution in [2.75, 3.05) is 38.2 Å². The fourth-order valence-corrected chi connectivity index (χ4v) is 2.87.